The van der Waals surface area contributed by atoms with Crippen LogP contribution in [0.25, 0.3) is 0 Å². The Morgan fingerprint density at radius 1 is 1.69 bits per heavy atom. The lowest BCUT2D eigenvalue weighted by Crippen LogP contribution is -2.06. The number of fused-ring (bicyclic) bond motifs is 1. The van der Waals surface area contributed by atoms with Gasteiger partial charge in [-0.25, -0.2) is 0 Å². The van der Waals surface area contributed by atoms with Crippen LogP contribution in [0.4, 0.5) is 0 Å². The third-order valence-corrected chi connectivity index (χ3v) is 2.65. The van der Waals surface area contributed by atoms with Crippen LogP contribution in [-0.2, 0) is 19.9 Å². The summed E-state index contributed by atoms with van der Waals surface area (Å²) in [7, 11) is 1.93. The van der Waals surface area contributed by atoms with Crippen molar-refractivity contribution in [1.82, 2.24) is 9.78 Å². The summed E-state index contributed by atoms with van der Waals surface area (Å²) in [5.74, 6) is 0. The van der Waals surface area contributed by atoms with Gasteiger partial charge in [-0.3, -0.25) is 4.68 Å². The Bertz CT molecular complexity index is 319. The number of nitrogens with two attached hydrogens (primary N) is 1. The van der Waals surface area contributed by atoms with E-state index < -0.39 is 0 Å². The molecule has 0 aliphatic heterocycles. The van der Waals surface area contributed by atoms with E-state index in [4.69, 9.17) is 5.73 Å². The Balaban J connectivity index is 2.42. The molecule has 0 radical (unpaired) electrons. The molecule has 1 atom stereocenters. The highest BCUT2D eigenvalue weighted by atomic mass is 16.3. The van der Waals surface area contributed by atoms with Crippen LogP contribution < -0.4 is 5.73 Å². The van der Waals surface area contributed by atoms with E-state index in [-0.39, 0.29) is 6.10 Å². The number of nitrogens with zero attached hydrogens (tertiary/aromatic N) is 2. The van der Waals surface area contributed by atoms with Crippen molar-refractivity contribution in [2.24, 2.45) is 12.8 Å². The quantitative estimate of drug-likeness (QED) is 0.669. The van der Waals surface area contributed by atoms with E-state index in [0.29, 0.717) is 6.54 Å². The van der Waals surface area contributed by atoms with E-state index in [1.165, 1.54) is 5.69 Å². The Kier molecular flexibility index (Phi) is 2.09. The molecule has 72 valence electrons. The summed E-state index contributed by atoms with van der Waals surface area (Å²) >= 11 is 0. The van der Waals surface area contributed by atoms with Crippen molar-refractivity contribution in [3.05, 3.63) is 17.0 Å². The van der Waals surface area contributed by atoms with Crippen molar-refractivity contribution in [1.29, 1.82) is 0 Å². The number of aliphatic hydroxyl groups is 1. The predicted octanol–water partition coefficient (Wildman–Crippen LogP) is -0.0991. The van der Waals surface area contributed by atoms with Crippen molar-refractivity contribution in [3.63, 3.8) is 0 Å². The molecule has 0 saturated carbocycles. The molecule has 0 amide bonds. The van der Waals surface area contributed by atoms with E-state index in [0.717, 1.165) is 30.5 Å². The summed E-state index contributed by atoms with van der Waals surface area (Å²) in [5, 5.41) is 14.1. The van der Waals surface area contributed by atoms with Crippen LogP contribution in [0, 0.1) is 0 Å². The molecule has 0 spiro atoms. The fourth-order valence-electron chi connectivity index (χ4n) is 2.06. The van der Waals surface area contributed by atoms with Gasteiger partial charge < -0.3 is 10.8 Å². The van der Waals surface area contributed by atoms with Crippen molar-refractivity contribution in [2.45, 2.75) is 25.4 Å². The fraction of sp³-hybridized carbons (Fsp3) is 0.667. The number of aromatic nitrogens is 2. The molecule has 0 saturated heterocycles. The number of hydrogen-bond acceptors (Lipinski definition) is 3. The van der Waals surface area contributed by atoms with Gasteiger partial charge in [0.15, 0.2) is 0 Å². The van der Waals surface area contributed by atoms with E-state index in [2.05, 4.69) is 5.10 Å². The van der Waals surface area contributed by atoms with Crippen molar-refractivity contribution < 1.29 is 5.11 Å². The van der Waals surface area contributed by atoms with Crippen LogP contribution >= 0.6 is 0 Å². The third-order valence-electron chi connectivity index (χ3n) is 2.65. The van der Waals surface area contributed by atoms with Crippen molar-refractivity contribution in [3.8, 4) is 0 Å². The van der Waals surface area contributed by atoms with Gasteiger partial charge in [-0.1, -0.05) is 0 Å². The van der Waals surface area contributed by atoms with Gasteiger partial charge >= 0.3 is 0 Å². The zero-order chi connectivity index (χ0) is 9.42. The molecule has 0 fully saturated rings. The molecular weight excluding hydrogens is 166 g/mol. The average molecular weight is 181 g/mol. The summed E-state index contributed by atoms with van der Waals surface area (Å²) in [6.45, 7) is 0.593. The molecule has 1 heterocycles. The summed E-state index contributed by atoms with van der Waals surface area (Å²) < 4.78 is 1.87. The number of aryl methyl sites for hydroxylation is 1. The first kappa shape index (κ1) is 8.72. The molecule has 4 heteroatoms. The van der Waals surface area contributed by atoms with Crippen LogP contribution in [0.3, 0.4) is 0 Å². The van der Waals surface area contributed by atoms with Gasteiger partial charge in [0, 0.05) is 24.7 Å². The molecule has 13 heavy (non-hydrogen) atoms. The van der Waals surface area contributed by atoms with Gasteiger partial charge in [0.05, 0.1) is 11.8 Å². The van der Waals surface area contributed by atoms with Crippen molar-refractivity contribution >= 4 is 0 Å². The second kappa shape index (κ2) is 3.12. The number of aliphatic hydroxyl groups excluding tert-OH is 1. The molecule has 1 aliphatic carbocycles. The topological polar surface area (TPSA) is 64.1 Å². The molecule has 4 nitrogen and oxygen atoms in total. The van der Waals surface area contributed by atoms with Crippen LogP contribution in [0.15, 0.2) is 0 Å². The van der Waals surface area contributed by atoms with Gasteiger partial charge in [-0.05, 0) is 19.4 Å². The summed E-state index contributed by atoms with van der Waals surface area (Å²) in [5.41, 5.74) is 8.67. The Morgan fingerprint density at radius 3 is 3.15 bits per heavy atom. The lowest BCUT2D eigenvalue weighted by molar-refractivity contribution is 0.178. The second-order valence-electron chi connectivity index (χ2n) is 3.52. The number of hydrogen-bond donors (Lipinski definition) is 2. The Labute approximate surface area is 77.4 Å². The lowest BCUT2D eigenvalue weighted by atomic mass is 10.1. The van der Waals surface area contributed by atoms with E-state index in [9.17, 15) is 5.11 Å². The molecule has 1 unspecified atom stereocenters. The first-order valence-corrected chi connectivity index (χ1v) is 4.66. The smallest absolute Gasteiger partial charge is 0.0829 e. The highest BCUT2D eigenvalue weighted by Crippen LogP contribution is 2.33. The minimum Gasteiger partial charge on any atom is -0.388 e. The monoisotopic (exact) mass is 181 g/mol. The molecular formula is C9H15N3O. The average Bonchev–Trinajstić information content (AvgIpc) is 2.58. The minimum atomic E-state index is -0.315. The molecule has 1 aliphatic rings. The highest BCUT2D eigenvalue weighted by molar-refractivity contribution is 5.33. The Morgan fingerprint density at radius 2 is 2.46 bits per heavy atom. The van der Waals surface area contributed by atoms with Gasteiger partial charge in [-0.2, -0.15) is 5.10 Å². The van der Waals surface area contributed by atoms with Gasteiger partial charge in [-0.15, -0.1) is 0 Å². The van der Waals surface area contributed by atoms with Crippen LogP contribution in [0.1, 0.15) is 29.5 Å². The van der Waals surface area contributed by atoms with Gasteiger partial charge in [0.25, 0.3) is 0 Å². The van der Waals surface area contributed by atoms with E-state index in [1.54, 1.807) is 0 Å². The zero-order valence-corrected chi connectivity index (χ0v) is 7.82. The van der Waals surface area contributed by atoms with Gasteiger partial charge in [0.1, 0.15) is 0 Å². The molecule has 0 bridgehead atoms. The van der Waals surface area contributed by atoms with E-state index >= 15 is 0 Å². The van der Waals surface area contributed by atoms with Crippen LogP contribution in [0.2, 0.25) is 0 Å². The maximum absolute atomic E-state index is 9.71. The fourth-order valence-corrected chi connectivity index (χ4v) is 2.06. The molecule has 3 N–H and O–H groups in total. The maximum Gasteiger partial charge on any atom is 0.0829 e. The minimum absolute atomic E-state index is 0.315. The molecule has 1 aromatic heterocycles. The van der Waals surface area contributed by atoms with Crippen LogP contribution in [0.5, 0.6) is 0 Å². The van der Waals surface area contributed by atoms with Crippen LogP contribution in [-0.4, -0.2) is 21.4 Å². The SMILES string of the molecule is Cn1nc(CCN)c2c1CCC2O. The Hall–Kier alpha value is -0.870. The summed E-state index contributed by atoms with van der Waals surface area (Å²) in [4.78, 5) is 0. The highest BCUT2D eigenvalue weighted by Gasteiger charge is 2.27. The van der Waals surface area contributed by atoms with Gasteiger partial charge in [0.2, 0.25) is 0 Å². The summed E-state index contributed by atoms with van der Waals surface area (Å²) in [6.07, 6.45) is 2.22. The molecule has 1 aromatic rings. The molecule has 2 rings (SSSR count). The third kappa shape index (κ3) is 1.26. The van der Waals surface area contributed by atoms with Crippen molar-refractivity contribution in [2.75, 3.05) is 6.54 Å². The predicted molar refractivity (Wildman–Crippen MR) is 49.2 cm³/mol. The number of rotatable bonds is 2. The second-order valence-corrected chi connectivity index (χ2v) is 3.52. The molecule has 0 aromatic carbocycles. The first-order valence-electron chi connectivity index (χ1n) is 4.66. The largest absolute Gasteiger partial charge is 0.388 e. The zero-order valence-electron chi connectivity index (χ0n) is 7.82. The first-order chi connectivity index (χ1) is 6.24. The van der Waals surface area contributed by atoms with E-state index in [1.807, 2.05) is 11.7 Å². The standard InChI is InChI=1S/C9H15N3O/c1-12-7-2-3-8(13)9(7)6(11-12)4-5-10/h8,13H,2-5,10H2,1H3. The lowest BCUT2D eigenvalue weighted by Gasteiger charge is -2.02. The maximum atomic E-state index is 9.71. The normalized spacial score (nSPS) is 20.7. The summed E-state index contributed by atoms with van der Waals surface area (Å²) in [6, 6.07) is 0.